The molecule has 3 heteroatoms. The third-order valence-corrected chi connectivity index (χ3v) is 3.00. The van der Waals surface area contributed by atoms with E-state index in [1.807, 2.05) is 49.4 Å². The number of nitrogens with one attached hydrogen (secondary N) is 1. The van der Waals surface area contributed by atoms with E-state index < -0.39 is 0 Å². The molecule has 2 aromatic rings. The summed E-state index contributed by atoms with van der Waals surface area (Å²) in [4.78, 5) is 0. The van der Waals surface area contributed by atoms with Crippen molar-refractivity contribution in [1.82, 2.24) is 0 Å². The summed E-state index contributed by atoms with van der Waals surface area (Å²) in [6.07, 6.45) is 0.902. The highest BCUT2D eigenvalue weighted by molar-refractivity contribution is 5.58. The Balaban J connectivity index is 1.98. The maximum atomic E-state index is 9.05. The van der Waals surface area contributed by atoms with Gasteiger partial charge in [0.05, 0.1) is 11.3 Å². The van der Waals surface area contributed by atoms with E-state index in [1.54, 1.807) is 0 Å². The molecule has 19 heavy (non-hydrogen) atoms. The van der Waals surface area contributed by atoms with Gasteiger partial charge in [0.15, 0.2) is 0 Å². The van der Waals surface area contributed by atoms with E-state index in [4.69, 9.17) is 11.0 Å². The smallest absolute Gasteiger partial charge is 0.101 e. The van der Waals surface area contributed by atoms with E-state index in [9.17, 15) is 0 Å². The zero-order valence-electron chi connectivity index (χ0n) is 11.0. The quantitative estimate of drug-likeness (QED) is 0.821. The Labute approximate surface area is 113 Å². The number of nitriles is 1. The predicted molar refractivity (Wildman–Crippen MR) is 78.9 cm³/mol. The van der Waals surface area contributed by atoms with Gasteiger partial charge in [-0.25, -0.2) is 0 Å². The number of anilines is 2. The highest BCUT2D eigenvalue weighted by atomic mass is 14.9. The van der Waals surface area contributed by atoms with E-state index >= 15 is 0 Å². The van der Waals surface area contributed by atoms with Crippen molar-refractivity contribution in [2.24, 2.45) is 0 Å². The molecule has 0 heterocycles. The molecule has 0 aliphatic rings. The third-order valence-electron chi connectivity index (χ3n) is 3.00. The fourth-order valence-electron chi connectivity index (χ4n) is 1.93. The van der Waals surface area contributed by atoms with Crippen molar-refractivity contribution in [2.75, 3.05) is 17.6 Å². The zero-order valence-corrected chi connectivity index (χ0v) is 11.0. The highest BCUT2D eigenvalue weighted by Crippen LogP contribution is 2.16. The normalized spacial score (nSPS) is 9.89. The van der Waals surface area contributed by atoms with Gasteiger partial charge in [-0.15, -0.1) is 0 Å². The van der Waals surface area contributed by atoms with Crippen molar-refractivity contribution < 1.29 is 0 Å². The van der Waals surface area contributed by atoms with Gasteiger partial charge in [0.25, 0.3) is 0 Å². The Morgan fingerprint density at radius 1 is 1.16 bits per heavy atom. The lowest BCUT2D eigenvalue weighted by atomic mass is 10.1. The Morgan fingerprint density at radius 3 is 2.58 bits per heavy atom. The van der Waals surface area contributed by atoms with Gasteiger partial charge in [-0.2, -0.15) is 5.26 Å². The summed E-state index contributed by atoms with van der Waals surface area (Å²) in [5.74, 6) is 0. The SMILES string of the molecule is Cc1ccc(C#N)c(NCCc2ccc(N)cc2)c1. The summed E-state index contributed by atoms with van der Waals surface area (Å²) in [5, 5.41) is 12.4. The molecule has 0 aromatic heterocycles. The largest absolute Gasteiger partial charge is 0.399 e. The maximum Gasteiger partial charge on any atom is 0.101 e. The molecule has 0 spiro atoms. The lowest BCUT2D eigenvalue weighted by Crippen LogP contribution is -2.06. The minimum atomic E-state index is 0.683. The summed E-state index contributed by atoms with van der Waals surface area (Å²) in [7, 11) is 0. The number of nitrogen functional groups attached to an aromatic ring is 1. The molecule has 0 bridgehead atoms. The first kappa shape index (κ1) is 13.0. The van der Waals surface area contributed by atoms with Crippen LogP contribution in [0, 0.1) is 18.3 Å². The van der Waals surface area contributed by atoms with Crippen LogP contribution in [0.4, 0.5) is 11.4 Å². The monoisotopic (exact) mass is 251 g/mol. The Morgan fingerprint density at radius 2 is 1.89 bits per heavy atom. The average molecular weight is 251 g/mol. The number of nitrogens with two attached hydrogens (primary N) is 1. The van der Waals surface area contributed by atoms with E-state index in [1.165, 1.54) is 5.56 Å². The van der Waals surface area contributed by atoms with Gasteiger partial charge in [-0.1, -0.05) is 18.2 Å². The van der Waals surface area contributed by atoms with Crippen LogP contribution in [0.15, 0.2) is 42.5 Å². The second-order valence-electron chi connectivity index (χ2n) is 4.58. The van der Waals surface area contributed by atoms with Gasteiger partial charge in [-0.3, -0.25) is 0 Å². The van der Waals surface area contributed by atoms with Crippen LogP contribution < -0.4 is 11.1 Å². The van der Waals surface area contributed by atoms with Crippen LogP contribution in [0.5, 0.6) is 0 Å². The summed E-state index contributed by atoms with van der Waals surface area (Å²) in [6, 6.07) is 15.9. The Kier molecular flexibility index (Phi) is 4.04. The number of nitrogens with zero attached hydrogens (tertiary/aromatic N) is 1. The first-order valence-electron chi connectivity index (χ1n) is 6.28. The molecule has 0 fully saturated rings. The average Bonchev–Trinajstić information content (AvgIpc) is 2.41. The van der Waals surface area contributed by atoms with Gasteiger partial charge in [0.2, 0.25) is 0 Å². The lowest BCUT2D eigenvalue weighted by Gasteiger charge is -2.09. The van der Waals surface area contributed by atoms with Crippen molar-refractivity contribution in [3.8, 4) is 6.07 Å². The van der Waals surface area contributed by atoms with Gasteiger partial charge in [0.1, 0.15) is 6.07 Å². The number of aryl methyl sites for hydroxylation is 1. The lowest BCUT2D eigenvalue weighted by molar-refractivity contribution is 1.02. The summed E-state index contributed by atoms with van der Waals surface area (Å²) >= 11 is 0. The molecule has 0 amide bonds. The minimum Gasteiger partial charge on any atom is -0.399 e. The standard InChI is InChI=1S/C16H17N3/c1-12-2-5-14(11-17)16(10-12)19-9-8-13-3-6-15(18)7-4-13/h2-7,10,19H,8-9,18H2,1H3. The predicted octanol–water partition coefficient (Wildman–Crippen LogP) is 3.10. The maximum absolute atomic E-state index is 9.05. The molecule has 0 aliphatic carbocycles. The molecule has 96 valence electrons. The molecular formula is C16H17N3. The molecule has 3 nitrogen and oxygen atoms in total. The molecule has 3 N–H and O–H groups in total. The first-order chi connectivity index (χ1) is 9.19. The molecule has 0 saturated heterocycles. The molecule has 0 atom stereocenters. The molecule has 2 aromatic carbocycles. The van der Waals surface area contributed by atoms with E-state index in [0.717, 1.165) is 29.9 Å². The second-order valence-corrected chi connectivity index (χ2v) is 4.58. The van der Waals surface area contributed by atoms with Crippen LogP contribution in [0.3, 0.4) is 0 Å². The van der Waals surface area contributed by atoms with E-state index in [2.05, 4.69) is 11.4 Å². The number of benzene rings is 2. The van der Waals surface area contributed by atoms with Crippen molar-refractivity contribution in [1.29, 1.82) is 5.26 Å². The van der Waals surface area contributed by atoms with Crippen LogP contribution in [0.2, 0.25) is 0 Å². The van der Waals surface area contributed by atoms with E-state index in [-0.39, 0.29) is 0 Å². The third kappa shape index (κ3) is 3.49. The molecule has 0 radical (unpaired) electrons. The van der Waals surface area contributed by atoms with Crippen LogP contribution in [0.25, 0.3) is 0 Å². The van der Waals surface area contributed by atoms with Crippen LogP contribution in [0.1, 0.15) is 16.7 Å². The summed E-state index contributed by atoms with van der Waals surface area (Å²) in [5.41, 5.74) is 10.4. The summed E-state index contributed by atoms with van der Waals surface area (Å²) < 4.78 is 0. The van der Waals surface area contributed by atoms with Crippen LogP contribution >= 0.6 is 0 Å². The molecule has 0 unspecified atom stereocenters. The topological polar surface area (TPSA) is 61.8 Å². The zero-order chi connectivity index (χ0) is 13.7. The number of hydrogen-bond acceptors (Lipinski definition) is 3. The fraction of sp³-hybridized carbons (Fsp3) is 0.188. The van der Waals surface area contributed by atoms with Crippen LogP contribution in [-0.2, 0) is 6.42 Å². The Hall–Kier alpha value is -2.47. The van der Waals surface area contributed by atoms with Crippen molar-refractivity contribution in [3.05, 3.63) is 59.2 Å². The first-order valence-corrected chi connectivity index (χ1v) is 6.28. The molecule has 0 saturated carbocycles. The van der Waals surface area contributed by atoms with Crippen LogP contribution in [-0.4, -0.2) is 6.54 Å². The number of rotatable bonds is 4. The molecule has 2 rings (SSSR count). The van der Waals surface area contributed by atoms with E-state index in [0.29, 0.717) is 5.56 Å². The van der Waals surface area contributed by atoms with Gasteiger partial charge < -0.3 is 11.1 Å². The van der Waals surface area contributed by atoms with Crippen molar-refractivity contribution in [2.45, 2.75) is 13.3 Å². The fourth-order valence-corrected chi connectivity index (χ4v) is 1.93. The van der Waals surface area contributed by atoms with Crippen molar-refractivity contribution in [3.63, 3.8) is 0 Å². The molecular weight excluding hydrogens is 234 g/mol. The van der Waals surface area contributed by atoms with Gasteiger partial charge in [0, 0.05) is 12.2 Å². The van der Waals surface area contributed by atoms with Gasteiger partial charge >= 0.3 is 0 Å². The van der Waals surface area contributed by atoms with Crippen molar-refractivity contribution >= 4 is 11.4 Å². The number of hydrogen-bond donors (Lipinski definition) is 2. The highest BCUT2D eigenvalue weighted by Gasteiger charge is 2.01. The van der Waals surface area contributed by atoms with Gasteiger partial charge in [-0.05, 0) is 48.7 Å². The minimum absolute atomic E-state index is 0.683. The summed E-state index contributed by atoms with van der Waals surface area (Å²) in [6.45, 7) is 2.81. The Bertz CT molecular complexity index is 594. The molecule has 0 aliphatic heterocycles. The second kappa shape index (κ2) is 5.92.